The lowest BCUT2D eigenvalue weighted by molar-refractivity contribution is 0.00296. The summed E-state index contributed by atoms with van der Waals surface area (Å²) >= 11 is 0. The van der Waals surface area contributed by atoms with Gasteiger partial charge in [0.15, 0.2) is 0 Å². The van der Waals surface area contributed by atoms with E-state index in [1.165, 1.54) is 6.42 Å². The predicted octanol–water partition coefficient (Wildman–Crippen LogP) is 0.781. The number of likely N-dealkylation sites (tertiary alicyclic amines) is 2. The number of ether oxygens (including phenoxy) is 1. The minimum Gasteiger partial charge on any atom is -0.441 e. The minimum atomic E-state index is -0.453. The van der Waals surface area contributed by atoms with Crippen LogP contribution in [0.25, 0.3) is 0 Å². The van der Waals surface area contributed by atoms with Crippen LogP contribution in [0.5, 0.6) is 0 Å². The molecule has 0 aliphatic carbocycles. The fraction of sp³-hybridized carbons (Fsp3) is 0.750. The first-order valence-corrected chi connectivity index (χ1v) is 10.5. The van der Waals surface area contributed by atoms with E-state index in [1.807, 2.05) is 16.7 Å². The number of hydrogen-bond donors (Lipinski definition) is 1. The van der Waals surface area contributed by atoms with E-state index in [9.17, 15) is 9.59 Å². The maximum absolute atomic E-state index is 12.7. The summed E-state index contributed by atoms with van der Waals surface area (Å²) in [5.74, 6) is -0.0516. The normalized spacial score (nSPS) is 24.7. The van der Waals surface area contributed by atoms with Crippen LogP contribution in [0.1, 0.15) is 35.4 Å². The highest BCUT2D eigenvalue weighted by Crippen LogP contribution is 2.33. The Morgan fingerprint density at radius 2 is 2.07 bits per heavy atom. The van der Waals surface area contributed by atoms with Gasteiger partial charge in [0.1, 0.15) is 11.3 Å². The van der Waals surface area contributed by atoms with Crippen molar-refractivity contribution in [3.05, 3.63) is 17.7 Å². The monoisotopic (exact) mass is 404 g/mol. The van der Waals surface area contributed by atoms with Crippen molar-refractivity contribution in [2.75, 3.05) is 59.9 Å². The summed E-state index contributed by atoms with van der Waals surface area (Å²) in [6, 6.07) is 0.604. The summed E-state index contributed by atoms with van der Waals surface area (Å²) in [5, 5.41) is 0. The van der Waals surface area contributed by atoms with Crippen molar-refractivity contribution in [2.24, 2.45) is 0 Å². The lowest BCUT2D eigenvalue weighted by atomic mass is 9.91. The van der Waals surface area contributed by atoms with E-state index in [0.717, 1.165) is 25.3 Å². The Morgan fingerprint density at radius 3 is 2.69 bits per heavy atom. The Labute approximate surface area is 172 Å². The van der Waals surface area contributed by atoms with Gasteiger partial charge in [0.05, 0.1) is 12.9 Å². The summed E-state index contributed by atoms with van der Waals surface area (Å²) in [6.45, 7) is 7.38. The number of imidazole rings is 1. The Hall–Kier alpha value is -2.13. The summed E-state index contributed by atoms with van der Waals surface area (Å²) < 4.78 is 5.82. The fourth-order valence-corrected chi connectivity index (χ4v) is 4.67. The van der Waals surface area contributed by atoms with Crippen molar-refractivity contribution in [1.29, 1.82) is 0 Å². The third-order valence-corrected chi connectivity index (χ3v) is 6.70. The standard InChI is InChI=1S/C20H32N6O3/c1-15-17(22-14-21-15)18(27)25-8-5-20(6-9-25)13-26(19(28)29-20)11-10-24-7-4-16(12-24)23(2)3/h14,16H,4-13H2,1-3H3,(H,21,22). The van der Waals surface area contributed by atoms with Crippen LogP contribution in [0, 0.1) is 6.92 Å². The van der Waals surface area contributed by atoms with E-state index in [4.69, 9.17) is 4.74 Å². The van der Waals surface area contributed by atoms with Crippen LogP contribution in [0.2, 0.25) is 0 Å². The third kappa shape index (κ3) is 4.11. The Bertz CT molecular complexity index is 755. The summed E-state index contributed by atoms with van der Waals surface area (Å²) in [6.07, 6.45) is 3.87. The van der Waals surface area contributed by atoms with E-state index < -0.39 is 5.60 Å². The maximum Gasteiger partial charge on any atom is 0.410 e. The first kappa shape index (κ1) is 20.2. The number of aromatic amines is 1. The number of amides is 2. The summed E-state index contributed by atoms with van der Waals surface area (Å²) in [4.78, 5) is 40.6. The molecule has 160 valence electrons. The molecule has 1 aromatic heterocycles. The van der Waals surface area contributed by atoms with Gasteiger partial charge in [-0.3, -0.25) is 9.69 Å². The van der Waals surface area contributed by atoms with Crippen LogP contribution in [0.15, 0.2) is 6.33 Å². The van der Waals surface area contributed by atoms with Crippen LogP contribution < -0.4 is 0 Å². The van der Waals surface area contributed by atoms with E-state index in [2.05, 4.69) is 33.9 Å². The zero-order chi connectivity index (χ0) is 20.6. The highest BCUT2D eigenvalue weighted by atomic mass is 16.6. The van der Waals surface area contributed by atoms with Gasteiger partial charge in [0, 0.05) is 57.3 Å². The van der Waals surface area contributed by atoms with E-state index in [0.29, 0.717) is 50.8 Å². The van der Waals surface area contributed by atoms with Crippen molar-refractivity contribution in [3.8, 4) is 0 Å². The topological polar surface area (TPSA) is 85.0 Å². The smallest absolute Gasteiger partial charge is 0.410 e. The molecule has 0 bridgehead atoms. The van der Waals surface area contributed by atoms with Crippen molar-refractivity contribution in [2.45, 2.75) is 37.8 Å². The van der Waals surface area contributed by atoms with Crippen molar-refractivity contribution >= 4 is 12.0 Å². The molecule has 9 nitrogen and oxygen atoms in total. The molecule has 3 aliphatic heterocycles. The van der Waals surface area contributed by atoms with Crippen LogP contribution in [-0.2, 0) is 4.74 Å². The lowest BCUT2D eigenvalue weighted by Gasteiger charge is -2.37. The molecule has 3 saturated heterocycles. The number of aryl methyl sites for hydroxylation is 1. The van der Waals surface area contributed by atoms with E-state index >= 15 is 0 Å². The Kier molecular flexibility index (Phi) is 5.52. The number of hydrogen-bond acceptors (Lipinski definition) is 6. The molecular weight excluding hydrogens is 372 g/mol. The fourth-order valence-electron chi connectivity index (χ4n) is 4.67. The minimum absolute atomic E-state index is 0.0516. The van der Waals surface area contributed by atoms with Gasteiger partial charge in [0.25, 0.3) is 5.91 Å². The molecule has 1 spiro atoms. The van der Waals surface area contributed by atoms with Crippen LogP contribution in [0.4, 0.5) is 4.79 Å². The van der Waals surface area contributed by atoms with Gasteiger partial charge in [0.2, 0.25) is 0 Å². The maximum atomic E-state index is 12.7. The molecule has 1 aromatic rings. The van der Waals surface area contributed by atoms with Gasteiger partial charge >= 0.3 is 6.09 Å². The summed E-state index contributed by atoms with van der Waals surface area (Å²) in [5.41, 5.74) is 0.811. The number of carbonyl (C=O) groups is 2. The molecule has 3 aliphatic rings. The van der Waals surface area contributed by atoms with Gasteiger partial charge in [-0.15, -0.1) is 0 Å². The number of H-pyrrole nitrogens is 1. The van der Waals surface area contributed by atoms with Crippen LogP contribution in [0.3, 0.4) is 0 Å². The van der Waals surface area contributed by atoms with Gasteiger partial charge in [-0.25, -0.2) is 9.78 Å². The largest absolute Gasteiger partial charge is 0.441 e. The average molecular weight is 405 g/mol. The van der Waals surface area contributed by atoms with E-state index in [1.54, 1.807) is 6.33 Å². The van der Waals surface area contributed by atoms with Gasteiger partial charge in [-0.05, 0) is 34.0 Å². The molecule has 2 amide bonds. The lowest BCUT2D eigenvalue weighted by Crippen LogP contribution is -2.49. The first-order chi connectivity index (χ1) is 13.9. The molecule has 9 heteroatoms. The molecule has 0 saturated carbocycles. The zero-order valence-electron chi connectivity index (χ0n) is 17.7. The molecule has 1 N–H and O–H groups in total. The van der Waals surface area contributed by atoms with E-state index in [-0.39, 0.29) is 12.0 Å². The Balaban J connectivity index is 1.27. The number of piperidine rings is 1. The molecule has 4 heterocycles. The predicted molar refractivity (Wildman–Crippen MR) is 108 cm³/mol. The molecule has 4 rings (SSSR count). The van der Waals surface area contributed by atoms with Crippen molar-refractivity contribution in [3.63, 3.8) is 0 Å². The molecule has 0 radical (unpaired) electrons. The number of rotatable bonds is 5. The molecule has 29 heavy (non-hydrogen) atoms. The second-order valence-electron chi connectivity index (χ2n) is 8.85. The average Bonchev–Trinajstić information content (AvgIpc) is 3.40. The second-order valence-corrected chi connectivity index (χ2v) is 8.85. The van der Waals surface area contributed by atoms with Crippen molar-refractivity contribution in [1.82, 2.24) is 29.6 Å². The van der Waals surface area contributed by atoms with Crippen LogP contribution >= 0.6 is 0 Å². The third-order valence-electron chi connectivity index (χ3n) is 6.70. The molecule has 3 fully saturated rings. The molecule has 1 atom stereocenters. The molecule has 0 aromatic carbocycles. The van der Waals surface area contributed by atoms with Crippen LogP contribution in [-0.4, -0.2) is 113 Å². The number of aromatic nitrogens is 2. The zero-order valence-corrected chi connectivity index (χ0v) is 17.7. The number of likely N-dealkylation sites (N-methyl/N-ethyl adjacent to an activating group) is 1. The molecular formula is C20H32N6O3. The van der Waals surface area contributed by atoms with Gasteiger partial charge < -0.3 is 24.4 Å². The Morgan fingerprint density at radius 1 is 1.31 bits per heavy atom. The SMILES string of the molecule is Cc1[nH]cnc1C(=O)N1CCC2(CC1)CN(CCN1CCC(N(C)C)C1)C(=O)O2. The number of nitrogens with one attached hydrogen (secondary N) is 1. The molecule has 1 unspecified atom stereocenters. The van der Waals surface area contributed by atoms with Gasteiger partial charge in [-0.2, -0.15) is 0 Å². The highest BCUT2D eigenvalue weighted by molar-refractivity contribution is 5.93. The van der Waals surface area contributed by atoms with Gasteiger partial charge in [-0.1, -0.05) is 0 Å². The first-order valence-electron chi connectivity index (χ1n) is 10.5. The summed E-state index contributed by atoms with van der Waals surface area (Å²) in [7, 11) is 4.25. The quantitative estimate of drug-likeness (QED) is 0.781. The second kappa shape index (κ2) is 7.95. The van der Waals surface area contributed by atoms with Crippen molar-refractivity contribution < 1.29 is 14.3 Å². The number of nitrogens with zero attached hydrogens (tertiary/aromatic N) is 5. The highest BCUT2D eigenvalue weighted by Gasteiger charge is 2.47. The number of carbonyl (C=O) groups excluding carboxylic acids is 2.